The Kier molecular flexibility index (Phi) is 4.60. The molecule has 1 aliphatic rings. The molecule has 0 amide bonds. The number of thiazole rings is 1. The first kappa shape index (κ1) is 15.0. The van der Waals surface area contributed by atoms with Crippen molar-refractivity contribution < 1.29 is 5.11 Å². The molecular weight excluding hydrogens is 304 g/mol. The number of benzene rings is 1. The molecule has 1 aliphatic carbocycles. The van der Waals surface area contributed by atoms with Gasteiger partial charge < -0.3 is 10.4 Å². The van der Waals surface area contributed by atoms with Crippen LogP contribution in [0, 0.1) is 0 Å². The third kappa shape index (κ3) is 3.83. The first-order chi connectivity index (χ1) is 10.1. The molecular formula is C16H19ClN2OS. The molecule has 2 aromatic rings. The van der Waals surface area contributed by atoms with Crippen molar-refractivity contribution in [2.24, 2.45) is 0 Å². The number of nitrogens with one attached hydrogen (secondary N) is 1. The molecule has 3 nitrogen and oxygen atoms in total. The second-order valence-corrected chi connectivity index (χ2v) is 7.19. The predicted molar refractivity (Wildman–Crippen MR) is 86.8 cm³/mol. The molecule has 0 bridgehead atoms. The Morgan fingerprint density at radius 1 is 1.38 bits per heavy atom. The zero-order valence-electron chi connectivity index (χ0n) is 11.9. The summed E-state index contributed by atoms with van der Waals surface area (Å²) < 4.78 is 0. The molecule has 0 radical (unpaired) electrons. The highest BCUT2D eigenvalue weighted by atomic mass is 35.5. The highest BCUT2D eigenvalue weighted by Crippen LogP contribution is 2.41. The van der Waals surface area contributed by atoms with Crippen molar-refractivity contribution in [3.05, 3.63) is 50.9 Å². The van der Waals surface area contributed by atoms with Gasteiger partial charge in [-0.1, -0.05) is 23.7 Å². The van der Waals surface area contributed by atoms with Gasteiger partial charge in [0.05, 0.1) is 11.1 Å². The fourth-order valence-corrected chi connectivity index (χ4v) is 3.41. The molecule has 1 heterocycles. The number of nitrogens with zero attached hydrogens (tertiary/aromatic N) is 1. The van der Waals surface area contributed by atoms with Crippen molar-refractivity contribution in [1.82, 2.24) is 10.3 Å². The fraction of sp³-hybridized carbons (Fsp3) is 0.438. The summed E-state index contributed by atoms with van der Waals surface area (Å²) in [6.45, 7) is 2.73. The lowest BCUT2D eigenvalue weighted by molar-refractivity contribution is 0.135. The minimum atomic E-state index is -0.543. The van der Waals surface area contributed by atoms with Crippen molar-refractivity contribution in [2.45, 2.75) is 44.4 Å². The molecule has 1 aromatic carbocycles. The third-order valence-electron chi connectivity index (χ3n) is 3.78. The average Bonchev–Trinajstić information content (AvgIpc) is 3.24. The summed E-state index contributed by atoms with van der Waals surface area (Å²) in [5, 5.41) is 15.7. The van der Waals surface area contributed by atoms with Crippen LogP contribution in [0.3, 0.4) is 0 Å². The molecule has 21 heavy (non-hydrogen) atoms. The summed E-state index contributed by atoms with van der Waals surface area (Å²) in [6, 6.07) is 7.31. The SMILES string of the molecule is CC(NCc1cnc(C2CC2)s1)C(O)c1ccc(Cl)cc1. The molecule has 1 aromatic heterocycles. The Hall–Kier alpha value is -0.940. The summed E-state index contributed by atoms with van der Waals surface area (Å²) in [4.78, 5) is 5.70. The van der Waals surface area contributed by atoms with Crippen LogP contribution in [0.25, 0.3) is 0 Å². The third-order valence-corrected chi connectivity index (χ3v) is 5.19. The smallest absolute Gasteiger partial charge is 0.0959 e. The summed E-state index contributed by atoms with van der Waals surface area (Å²) in [7, 11) is 0. The van der Waals surface area contributed by atoms with E-state index in [2.05, 4.69) is 10.3 Å². The maximum Gasteiger partial charge on any atom is 0.0959 e. The minimum Gasteiger partial charge on any atom is -0.387 e. The highest BCUT2D eigenvalue weighted by molar-refractivity contribution is 7.11. The second kappa shape index (κ2) is 6.44. The van der Waals surface area contributed by atoms with Crippen LogP contribution in [0.4, 0.5) is 0 Å². The largest absolute Gasteiger partial charge is 0.387 e. The Morgan fingerprint density at radius 3 is 2.76 bits per heavy atom. The van der Waals surface area contributed by atoms with Crippen molar-refractivity contribution in [3.8, 4) is 0 Å². The summed E-state index contributed by atoms with van der Waals surface area (Å²) in [5.41, 5.74) is 0.877. The van der Waals surface area contributed by atoms with E-state index in [1.165, 1.54) is 22.7 Å². The Bertz CT molecular complexity index is 595. The number of aliphatic hydroxyl groups excluding tert-OH is 1. The van der Waals surface area contributed by atoms with E-state index in [0.717, 1.165) is 12.1 Å². The Morgan fingerprint density at radius 2 is 2.10 bits per heavy atom. The van der Waals surface area contributed by atoms with E-state index < -0.39 is 6.10 Å². The van der Waals surface area contributed by atoms with Gasteiger partial charge in [-0.2, -0.15) is 0 Å². The van der Waals surface area contributed by atoms with E-state index in [1.807, 2.05) is 25.3 Å². The van der Waals surface area contributed by atoms with Crippen LogP contribution in [0.2, 0.25) is 5.02 Å². The van der Waals surface area contributed by atoms with Crippen molar-refractivity contribution in [1.29, 1.82) is 0 Å². The zero-order chi connectivity index (χ0) is 14.8. The van der Waals surface area contributed by atoms with E-state index in [-0.39, 0.29) is 6.04 Å². The maximum atomic E-state index is 10.3. The van der Waals surface area contributed by atoms with Crippen LogP contribution in [0.1, 0.15) is 47.2 Å². The van der Waals surface area contributed by atoms with E-state index in [4.69, 9.17) is 11.6 Å². The molecule has 0 saturated heterocycles. The molecule has 3 rings (SSSR count). The minimum absolute atomic E-state index is 0.0300. The van der Waals surface area contributed by atoms with Gasteiger partial charge in [-0.05, 0) is 37.5 Å². The van der Waals surface area contributed by atoms with Crippen LogP contribution in [0.15, 0.2) is 30.5 Å². The number of rotatable bonds is 6. The summed E-state index contributed by atoms with van der Waals surface area (Å²) >= 11 is 7.65. The lowest BCUT2D eigenvalue weighted by atomic mass is 10.0. The van der Waals surface area contributed by atoms with Gasteiger partial charge in [0.1, 0.15) is 0 Å². The number of halogens is 1. The molecule has 2 unspecified atom stereocenters. The second-order valence-electron chi connectivity index (χ2n) is 5.61. The summed E-state index contributed by atoms with van der Waals surface area (Å²) in [6.07, 6.45) is 3.98. The Labute approximate surface area is 134 Å². The lowest BCUT2D eigenvalue weighted by Gasteiger charge is -2.20. The normalized spacial score (nSPS) is 17.7. The molecule has 1 saturated carbocycles. The molecule has 112 valence electrons. The predicted octanol–water partition coefficient (Wildman–Crippen LogP) is 3.89. The molecule has 5 heteroatoms. The van der Waals surface area contributed by atoms with Gasteiger partial charge in [0.25, 0.3) is 0 Å². The quantitative estimate of drug-likeness (QED) is 0.848. The highest BCUT2D eigenvalue weighted by Gasteiger charge is 2.26. The molecule has 1 fully saturated rings. The number of aromatic nitrogens is 1. The number of aliphatic hydroxyl groups is 1. The molecule has 0 aliphatic heterocycles. The average molecular weight is 323 g/mol. The monoisotopic (exact) mass is 322 g/mol. The number of hydrogen-bond acceptors (Lipinski definition) is 4. The zero-order valence-corrected chi connectivity index (χ0v) is 13.5. The van der Waals surface area contributed by atoms with Crippen LogP contribution >= 0.6 is 22.9 Å². The van der Waals surface area contributed by atoms with Crippen LogP contribution in [-0.2, 0) is 6.54 Å². The van der Waals surface area contributed by atoms with Gasteiger partial charge in [-0.3, -0.25) is 0 Å². The van der Waals surface area contributed by atoms with Crippen molar-refractivity contribution in [3.63, 3.8) is 0 Å². The van der Waals surface area contributed by atoms with E-state index >= 15 is 0 Å². The van der Waals surface area contributed by atoms with Crippen LogP contribution < -0.4 is 5.32 Å². The Balaban J connectivity index is 1.54. The molecule has 0 spiro atoms. The van der Waals surface area contributed by atoms with Gasteiger partial charge in [0, 0.05) is 34.6 Å². The van der Waals surface area contributed by atoms with E-state index in [0.29, 0.717) is 10.9 Å². The van der Waals surface area contributed by atoms with E-state index in [9.17, 15) is 5.11 Å². The summed E-state index contributed by atoms with van der Waals surface area (Å²) in [5.74, 6) is 0.709. The van der Waals surface area contributed by atoms with Crippen LogP contribution in [0.5, 0.6) is 0 Å². The van der Waals surface area contributed by atoms with Gasteiger partial charge in [-0.15, -0.1) is 11.3 Å². The maximum absolute atomic E-state index is 10.3. The molecule has 2 N–H and O–H groups in total. The fourth-order valence-electron chi connectivity index (χ4n) is 2.25. The van der Waals surface area contributed by atoms with Crippen molar-refractivity contribution in [2.75, 3.05) is 0 Å². The van der Waals surface area contributed by atoms with Crippen LogP contribution in [-0.4, -0.2) is 16.1 Å². The van der Waals surface area contributed by atoms with Gasteiger partial charge in [0.2, 0.25) is 0 Å². The van der Waals surface area contributed by atoms with Crippen molar-refractivity contribution >= 4 is 22.9 Å². The molecule has 2 atom stereocenters. The lowest BCUT2D eigenvalue weighted by Crippen LogP contribution is -2.31. The van der Waals surface area contributed by atoms with Gasteiger partial charge >= 0.3 is 0 Å². The van der Waals surface area contributed by atoms with E-state index in [1.54, 1.807) is 23.5 Å². The first-order valence-electron chi connectivity index (χ1n) is 7.25. The van der Waals surface area contributed by atoms with Gasteiger partial charge in [0.15, 0.2) is 0 Å². The van der Waals surface area contributed by atoms with Gasteiger partial charge in [-0.25, -0.2) is 4.98 Å². The topological polar surface area (TPSA) is 45.2 Å². The standard InChI is InChI=1S/C16H19ClN2OS/c1-10(15(20)11-4-6-13(17)7-5-11)18-8-14-9-19-16(21-14)12-2-3-12/h4-7,9-10,12,15,18,20H,2-3,8H2,1H3. The number of hydrogen-bond donors (Lipinski definition) is 2. The first-order valence-corrected chi connectivity index (χ1v) is 8.44.